The molecule has 2 heterocycles. The summed E-state index contributed by atoms with van der Waals surface area (Å²) in [6.45, 7) is 2.93. The van der Waals surface area contributed by atoms with Gasteiger partial charge in [-0.25, -0.2) is 10.2 Å². The van der Waals surface area contributed by atoms with Crippen LogP contribution in [0.5, 0.6) is 0 Å². The zero-order valence-electron chi connectivity index (χ0n) is 11.0. The maximum absolute atomic E-state index is 10.5. The van der Waals surface area contributed by atoms with E-state index in [2.05, 4.69) is 28.1 Å². The van der Waals surface area contributed by atoms with Crippen molar-refractivity contribution in [2.24, 2.45) is 10.8 Å². The number of furan rings is 1. The largest absolute Gasteiger partial charge is 0.453 e. The number of nitrogens with zero attached hydrogens (tertiary/aromatic N) is 2. The fourth-order valence-electron chi connectivity index (χ4n) is 2.39. The normalized spacial score (nSPS) is 11.7. The molecule has 2 amide bonds. The maximum Gasteiger partial charge on any atom is 0.332 e. The fraction of sp³-hybridized carbons (Fsp3) is 0.143. The first-order valence-corrected chi connectivity index (χ1v) is 6.30. The van der Waals surface area contributed by atoms with E-state index >= 15 is 0 Å². The van der Waals surface area contributed by atoms with E-state index in [-0.39, 0.29) is 0 Å². The molecule has 2 aromatic heterocycles. The summed E-state index contributed by atoms with van der Waals surface area (Å²) in [6.07, 6.45) is 1.43. The van der Waals surface area contributed by atoms with Gasteiger partial charge in [0, 0.05) is 18.0 Å². The lowest BCUT2D eigenvalue weighted by atomic mass is 10.2. The number of hydrogen-bond acceptors (Lipinski definition) is 3. The number of hydrazone groups is 1. The van der Waals surface area contributed by atoms with Gasteiger partial charge in [0.05, 0.1) is 17.2 Å². The highest BCUT2D eigenvalue weighted by Gasteiger charge is 2.13. The summed E-state index contributed by atoms with van der Waals surface area (Å²) in [5, 5.41) is 4.76. The van der Waals surface area contributed by atoms with Crippen LogP contribution in [0.1, 0.15) is 12.7 Å². The first-order valence-electron chi connectivity index (χ1n) is 6.30. The molecule has 0 aliphatic carbocycles. The molecule has 6 nitrogen and oxygen atoms in total. The molecule has 20 heavy (non-hydrogen) atoms. The number of hydrogen-bond donors (Lipinski definition) is 2. The van der Waals surface area contributed by atoms with Crippen LogP contribution >= 0.6 is 0 Å². The van der Waals surface area contributed by atoms with Crippen molar-refractivity contribution >= 4 is 34.2 Å². The smallest absolute Gasteiger partial charge is 0.332 e. The minimum Gasteiger partial charge on any atom is -0.453 e. The first kappa shape index (κ1) is 12.3. The van der Waals surface area contributed by atoms with E-state index in [0.29, 0.717) is 5.76 Å². The Balaban J connectivity index is 2.11. The minimum absolute atomic E-state index is 0.566. The highest BCUT2D eigenvalue weighted by atomic mass is 16.3. The quantitative estimate of drug-likeness (QED) is 0.565. The Kier molecular flexibility index (Phi) is 2.90. The zero-order chi connectivity index (χ0) is 14.1. The molecule has 3 rings (SSSR count). The summed E-state index contributed by atoms with van der Waals surface area (Å²) in [4.78, 5) is 10.5. The van der Waals surface area contributed by atoms with Gasteiger partial charge in [-0.3, -0.25) is 0 Å². The van der Waals surface area contributed by atoms with Crippen LogP contribution < -0.4 is 11.2 Å². The third-order valence-electron chi connectivity index (χ3n) is 3.14. The highest BCUT2D eigenvalue weighted by molar-refractivity contribution is 6.06. The number of amides is 2. The number of fused-ring (bicyclic) bond motifs is 3. The van der Waals surface area contributed by atoms with Crippen molar-refractivity contribution in [2.45, 2.75) is 13.5 Å². The van der Waals surface area contributed by atoms with Gasteiger partial charge < -0.3 is 14.7 Å². The lowest BCUT2D eigenvalue weighted by molar-refractivity contribution is 0.249. The number of urea groups is 1. The van der Waals surface area contributed by atoms with Crippen LogP contribution in [0, 0.1) is 0 Å². The van der Waals surface area contributed by atoms with E-state index in [0.717, 1.165) is 28.5 Å². The second-order valence-corrected chi connectivity index (χ2v) is 4.36. The molecule has 0 saturated carbocycles. The predicted molar refractivity (Wildman–Crippen MR) is 77.7 cm³/mol. The van der Waals surface area contributed by atoms with Gasteiger partial charge in [0.25, 0.3) is 0 Å². The van der Waals surface area contributed by atoms with E-state index in [1.807, 2.05) is 24.3 Å². The van der Waals surface area contributed by atoms with Crippen LogP contribution in [0.4, 0.5) is 4.79 Å². The highest BCUT2D eigenvalue weighted by Crippen LogP contribution is 2.30. The third kappa shape index (κ3) is 1.91. The molecule has 0 radical (unpaired) electrons. The molecule has 3 aromatic rings. The number of aromatic nitrogens is 1. The van der Waals surface area contributed by atoms with Crippen LogP contribution in [-0.2, 0) is 6.54 Å². The van der Waals surface area contributed by atoms with Crippen molar-refractivity contribution in [2.75, 3.05) is 0 Å². The lowest BCUT2D eigenvalue weighted by Gasteiger charge is -2.00. The van der Waals surface area contributed by atoms with E-state index in [1.54, 1.807) is 0 Å². The Morgan fingerprint density at radius 2 is 2.25 bits per heavy atom. The van der Waals surface area contributed by atoms with Gasteiger partial charge in [-0.2, -0.15) is 5.10 Å². The number of rotatable bonds is 3. The van der Waals surface area contributed by atoms with Crippen molar-refractivity contribution in [3.63, 3.8) is 0 Å². The molecule has 0 atom stereocenters. The van der Waals surface area contributed by atoms with Gasteiger partial charge >= 0.3 is 6.03 Å². The molecule has 0 aliphatic rings. The van der Waals surface area contributed by atoms with E-state index < -0.39 is 6.03 Å². The molecule has 1 aromatic carbocycles. The number of nitrogens with one attached hydrogen (secondary N) is 1. The fourth-order valence-corrected chi connectivity index (χ4v) is 2.39. The molecule has 0 bridgehead atoms. The van der Waals surface area contributed by atoms with Crippen molar-refractivity contribution in [1.29, 1.82) is 0 Å². The monoisotopic (exact) mass is 270 g/mol. The molecular formula is C14H14N4O2. The third-order valence-corrected chi connectivity index (χ3v) is 3.14. The Bertz CT molecular complexity index is 813. The van der Waals surface area contributed by atoms with Gasteiger partial charge in [-0.15, -0.1) is 0 Å². The summed E-state index contributed by atoms with van der Waals surface area (Å²) >= 11 is 0. The van der Waals surface area contributed by atoms with Crippen molar-refractivity contribution in [1.82, 2.24) is 9.99 Å². The molecule has 0 unspecified atom stereocenters. The Labute approximate surface area is 114 Å². The maximum atomic E-state index is 10.5. The average molecular weight is 270 g/mol. The summed E-state index contributed by atoms with van der Waals surface area (Å²) < 4.78 is 7.96. The number of primary amides is 1. The van der Waals surface area contributed by atoms with Gasteiger partial charge in [0.2, 0.25) is 0 Å². The SMILES string of the molecule is CCn1c2ccccc2c2oc(C=NNC(N)=O)cc21. The molecule has 3 N–H and O–H groups in total. The van der Waals surface area contributed by atoms with Gasteiger partial charge in [-0.05, 0) is 19.1 Å². The zero-order valence-corrected chi connectivity index (χ0v) is 11.0. The Morgan fingerprint density at radius 3 is 3.00 bits per heavy atom. The number of carbonyl (C=O) groups excluding carboxylic acids is 1. The summed E-state index contributed by atoms with van der Waals surface area (Å²) in [5.74, 6) is 0.566. The Morgan fingerprint density at radius 1 is 1.45 bits per heavy atom. The van der Waals surface area contributed by atoms with Crippen LogP contribution in [-0.4, -0.2) is 16.8 Å². The molecule has 102 valence electrons. The molecular weight excluding hydrogens is 256 g/mol. The van der Waals surface area contributed by atoms with E-state index in [9.17, 15) is 4.79 Å². The number of aryl methyl sites for hydroxylation is 1. The second-order valence-electron chi connectivity index (χ2n) is 4.36. The summed E-state index contributed by atoms with van der Waals surface area (Å²) in [5.41, 5.74) is 10.0. The average Bonchev–Trinajstić information content (AvgIpc) is 2.94. The summed E-state index contributed by atoms with van der Waals surface area (Å²) in [7, 11) is 0. The van der Waals surface area contributed by atoms with Gasteiger partial charge in [0.1, 0.15) is 5.76 Å². The van der Waals surface area contributed by atoms with Crippen LogP contribution in [0.25, 0.3) is 22.0 Å². The number of benzene rings is 1. The van der Waals surface area contributed by atoms with Gasteiger partial charge in [-0.1, -0.05) is 12.1 Å². The topological polar surface area (TPSA) is 85.6 Å². The lowest BCUT2D eigenvalue weighted by Crippen LogP contribution is -2.24. The molecule has 0 spiro atoms. The minimum atomic E-state index is -0.708. The molecule has 0 aliphatic heterocycles. The van der Waals surface area contributed by atoms with Crippen LogP contribution in [0.3, 0.4) is 0 Å². The molecule has 0 saturated heterocycles. The van der Waals surface area contributed by atoms with E-state index in [1.165, 1.54) is 6.21 Å². The van der Waals surface area contributed by atoms with Crippen molar-refractivity contribution < 1.29 is 9.21 Å². The first-order chi connectivity index (χ1) is 9.70. The van der Waals surface area contributed by atoms with E-state index in [4.69, 9.17) is 10.2 Å². The standard InChI is InChI=1S/C14H14N4O2/c1-2-18-11-6-4-3-5-10(11)13-12(18)7-9(20-13)8-16-17-14(15)19/h3-8H,2H2,1H3,(H3,15,17,19). The predicted octanol–water partition coefficient (Wildman–Crippen LogP) is 2.41. The van der Waals surface area contributed by atoms with Crippen molar-refractivity contribution in [3.8, 4) is 0 Å². The van der Waals surface area contributed by atoms with Gasteiger partial charge in [0.15, 0.2) is 5.58 Å². The molecule has 6 heteroatoms. The van der Waals surface area contributed by atoms with Crippen LogP contribution in [0.2, 0.25) is 0 Å². The molecule has 0 fully saturated rings. The number of nitrogens with two attached hydrogens (primary N) is 1. The summed E-state index contributed by atoms with van der Waals surface area (Å²) in [6, 6.07) is 9.26. The van der Waals surface area contributed by atoms with Crippen LogP contribution in [0.15, 0.2) is 39.9 Å². The number of carbonyl (C=O) groups is 1. The second kappa shape index (κ2) is 4.73. The van der Waals surface area contributed by atoms with Crippen molar-refractivity contribution in [3.05, 3.63) is 36.1 Å². The Hall–Kier alpha value is -2.76. The number of para-hydroxylation sites is 1.